The first-order valence-corrected chi connectivity index (χ1v) is 5.56. The Morgan fingerprint density at radius 2 is 2.00 bits per heavy atom. The molecule has 15 heavy (non-hydrogen) atoms. The van der Waals surface area contributed by atoms with Gasteiger partial charge in [-0.2, -0.15) is 0 Å². The largest absolute Gasteiger partial charge is 0.506 e. The maximum Gasteiger partial charge on any atom is 0.506 e. The second kappa shape index (κ2) is 5.06. The smallest absolute Gasteiger partial charge is 0.445 e. The normalized spacial score (nSPS) is 17.1. The quantitative estimate of drug-likeness (QED) is 0.595. The molecule has 0 atom stereocenters. The van der Waals surface area contributed by atoms with E-state index in [1.165, 1.54) is 0 Å². The van der Waals surface area contributed by atoms with E-state index < -0.39 is 12.4 Å². The van der Waals surface area contributed by atoms with Gasteiger partial charge in [0.15, 0.2) is 0 Å². The van der Waals surface area contributed by atoms with Gasteiger partial charge in [0.05, 0.1) is 0 Å². The molecule has 1 fully saturated rings. The lowest BCUT2D eigenvalue weighted by molar-refractivity contribution is 0.280. The molecule has 0 saturated heterocycles. The zero-order valence-electron chi connectivity index (χ0n) is 9.19. The van der Waals surface area contributed by atoms with Gasteiger partial charge in [0, 0.05) is 6.04 Å². The van der Waals surface area contributed by atoms with Crippen LogP contribution in [-0.4, -0.2) is 31.0 Å². The maximum atomic E-state index is 12.4. The molecule has 1 nitrogen and oxygen atoms in total. The highest BCUT2D eigenvalue weighted by Crippen LogP contribution is 2.29. The average molecular weight is 220 g/mol. The Morgan fingerprint density at radius 3 is 2.40 bits per heavy atom. The monoisotopic (exact) mass is 220 g/mol. The van der Waals surface area contributed by atoms with Crippen LogP contribution < -0.4 is 0 Å². The van der Waals surface area contributed by atoms with E-state index in [-0.39, 0.29) is 6.54 Å². The maximum absolute atomic E-state index is 12.4. The molecule has 5 heteroatoms. The van der Waals surface area contributed by atoms with Crippen LogP contribution in [0, 0.1) is 0 Å². The van der Waals surface area contributed by atoms with Crippen LogP contribution in [0.5, 0.6) is 0 Å². The van der Waals surface area contributed by atoms with Gasteiger partial charge < -0.3 is 12.9 Å². The van der Waals surface area contributed by atoms with Gasteiger partial charge in [-0.05, 0) is 32.4 Å². The second-order valence-corrected chi connectivity index (χ2v) is 4.29. The average Bonchev–Trinajstić information content (AvgIpc) is 2.93. The van der Waals surface area contributed by atoms with E-state index >= 15 is 0 Å². The van der Waals surface area contributed by atoms with Crippen LogP contribution in [0.4, 0.5) is 12.9 Å². The standard InChI is InChI=1S/C10H18BF3N/c1-3-4-7-15(10-5-6-10)8-9(2)11(12,13)14/h10H,2-8H2,1H3/q-1. The summed E-state index contributed by atoms with van der Waals surface area (Å²) in [5, 5.41) is 0. The summed E-state index contributed by atoms with van der Waals surface area (Å²) in [6.45, 7) is 1.11. The predicted octanol–water partition coefficient (Wildman–Crippen LogP) is 3.19. The second-order valence-electron chi connectivity index (χ2n) is 4.29. The van der Waals surface area contributed by atoms with Crippen LogP contribution in [-0.2, 0) is 0 Å². The summed E-state index contributed by atoms with van der Waals surface area (Å²) in [4.78, 5) is 1.93. The topological polar surface area (TPSA) is 3.24 Å². The highest BCUT2D eigenvalue weighted by Gasteiger charge is 2.33. The van der Waals surface area contributed by atoms with Crippen molar-refractivity contribution in [3.8, 4) is 0 Å². The lowest BCUT2D eigenvalue weighted by Gasteiger charge is -2.27. The number of nitrogens with zero attached hydrogens (tertiary/aromatic N) is 1. The summed E-state index contributed by atoms with van der Waals surface area (Å²) < 4.78 is 37.1. The molecule has 1 saturated carbocycles. The minimum absolute atomic E-state index is 0.00810. The van der Waals surface area contributed by atoms with E-state index in [1.54, 1.807) is 0 Å². The van der Waals surface area contributed by atoms with Crippen LogP contribution in [0.2, 0.25) is 0 Å². The van der Waals surface area contributed by atoms with Gasteiger partial charge in [-0.3, -0.25) is 4.90 Å². The number of rotatable bonds is 7. The molecule has 0 spiro atoms. The third-order valence-corrected chi connectivity index (χ3v) is 2.73. The number of hydrogen-bond acceptors (Lipinski definition) is 1. The number of hydrogen-bond donors (Lipinski definition) is 0. The van der Waals surface area contributed by atoms with Gasteiger partial charge in [-0.15, -0.1) is 12.1 Å². The van der Waals surface area contributed by atoms with Crippen molar-refractivity contribution in [1.29, 1.82) is 0 Å². The van der Waals surface area contributed by atoms with Crippen LogP contribution in [0.25, 0.3) is 0 Å². The van der Waals surface area contributed by atoms with Crippen LogP contribution in [0.1, 0.15) is 32.6 Å². The molecule has 0 bridgehead atoms. The fraction of sp³-hybridized carbons (Fsp3) is 0.800. The molecule has 0 aromatic rings. The highest BCUT2D eigenvalue weighted by molar-refractivity contribution is 6.66. The third kappa shape index (κ3) is 4.28. The first kappa shape index (κ1) is 12.6. The van der Waals surface area contributed by atoms with Crippen LogP contribution >= 0.6 is 0 Å². The van der Waals surface area contributed by atoms with Gasteiger partial charge in [0.1, 0.15) is 0 Å². The Bertz CT molecular complexity index is 223. The first-order valence-electron chi connectivity index (χ1n) is 5.56. The Hall–Kier alpha value is -0.445. The van der Waals surface area contributed by atoms with Crippen LogP contribution in [0.15, 0.2) is 12.1 Å². The van der Waals surface area contributed by atoms with Crippen molar-refractivity contribution >= 4 is 6.98 Å². The molecule has 0 aromatic carbocycles. The zero-order chi connectivity index (χ0) is 11.5. The van der Waals surface area contributed by atoms with E-state index in [0.717, 1.165) is 32.2 Å². The van der Waals surface area contributed by atoms with E-state index in [9.17, 15) is 12.9 Å². The van der Waals surface area contributed by atoms with E-state index in [1.807, 2.05) is 11.8 Å². The lowest BCUT2D eigenvalue weighted by atomic mass is 9.80. The van der Waals surface area contributed by atoms with E-state index in [0.29, 0.717) is 6.04 Å². The van der Waals surface area contributed by atoms with Gasteiger partial charge in [-0.25, -0.2) is 0 Å². The minimum atomic E-state index is -4.86. The zero-order valence-corrected chi connectivity index (χ0v) is 9.19. The summed E-state index contributed by atoms with van der Waals surface area (Å²) in [6, 6.07) is 0.381. The fourth-order valence-corrected chi connectivity index (χ4v) is 1.56. The van der Waals surface area contributed by atoms with Gasteiger partial charge in [-0.1, -0.05) is 13.3 Å². The summed E-state index contributed by atoms with van der Waals surface area (Å²) >= 11 is 0. The molecular weight excluding hydrogens is 202 g/mol. The Morgan fingerprint density at radius 1 is 1.40 bits per heavy atom. The molecular formula is C10H18BF3N-. The Kier molecular flexibility index (Phi) is 4.26. The molecule has 1 aliphatic carbocycles. The fourth-order valence-electron chi connectivity index (χ4n) is 1.56. The third-order valence-electron chi connectivity index (χ3n) is 2.73. The summed E-state index contributed by atoms with van der Waals surface area (Å²) in [5.74, 6) is 0. The predicted molar refractivity (Wildman–Crippen MR) is 57.7 cm³/mol. The van der Waals surface area contributed by atoms with Crippen molar-refractivity contribution in [2.45, 2.75) is 38.6 Å². The summed E-state index contributed by atoms with van der Waals surface area (Å²) in [7, 11) is 0. The SMILES string of the molecule is C=C(CN(CCCC)C1CC1)[B-](F)(F)F. The molecule has 1 rings (SSSR count). The molecule has 88 valence electrons. The Labute approximate surface area is 89.4 Å². The molecule has 0 N–H and O–H groups in total. The summed E-state index contributed by atoms with van der Waals surface area (Å²) in [6.07, 6.45) is 4.07. The Balaban J connectivity index is 2.40. The minimum Gasteiger partial charge on any atom is -0.445 e. The molecule has 0 unspecified atom stereocenters. The van der Waals surface area contributed by atoms with Crippen molar-refractivity contribution in [1.82, 2.24) is 4.90 Å². The first-order chi connectivity index (χ1) is 6.95. The molecule has 0 aliphatic heterocycles. The highest BCUT2D eigenvalue weighted by atomic mass is 19.4. The molecule has 0 radical (unpaired) electrons. The van der Waals surface area contributed by atoms with E-state index in [4.69, 9.17) is 0 Å². The molecule has 0 aromatic heterocycles. The molecule has 0 amide bonds. The summed E-state index contributed by atoms with van der Waals surface area (Å²) in [5.41, 5.74) is -0.557. The number of unbranched alkanes of at least 4 members (excludes halogenated alkanes) is 1. The van der Waals surface area contributed by atoms with Crippen molar-refractivity contribution < 1.29 is 12.9 Å². The van der Waals surface area contributed by atoms with Crippen molar-refractivity contribution in [2.24, 2.45) is 0 Å². The van der Waals surface area contributed by atoms with Gasteiger partial charge >= 0.3 is 6.98 Å². The van der Waals surface area contributed by atoms with Crippen molar-refractivity contribution in [3.05, 3.63) is 12.1 Å². The molecule has 1 aliphatic rings. The number of halogens is 3. The van der Waals surface area contributed by atoms with Crippen molar-refractivity contribution in [3.63, 3.8) is 0 Å². The molecule has 0 heterocycles. The lowest BCUT2D eigenvalue weighted by Crippen LogP contribution is -2.34. The van der Waals surface area contributed by atoms with Gasteiger partial charge in [0.2, 0.25) is 0 Å². The van der Waals surface area contributed by atoms with Gasteiger partial charge in [0.25, 0.3) is 0 Å². The van der Waals surface area contributed by atoms with Crippen molar-refractivity contribution in [2.75, 3.05) is 13.1 Å². The van der Waals surface area contributed by atoms with Crippen LogP contribution in [0.3, 0.4) is 0 Å². The van der Waals surface area contributed by atoms with E-state index in [2.05, 4.69) is 6.58 Å².